The Kier molecular flexibility index (Phi) is 3.65. The topological polar surface area (TPSA) is 79.5 Å². The maximum absolute atomic E-state index is 12.0. The monoisotopic (exact) mass is 269 g/mol. The van der Waals surface area contributed by atoms with Crippen LogP contribution in [0.25, 0.3) is 0 Å². The number of aliphatic carboxylic acids is 1. The summed E-state index contributed by atoms with van der Waals surface area (Å²) in [6, 6.07) is 3.30. The largest absolute Gasteiger partial charge is 0.479 e. The van der Waals surface area contributed by atoms with E-state index >= 15 is 0 Å². The minimum absolute atomic E-state index is 0.171. The van der Waals surface area contributed by atoms with Gasteiger partial charge in [-0.15, -0.1) is 0 Å². The van der Waals surface area contributed by atoms with Crippen molar-refractivity contribution in [1.82, 2.24) is 5.32 Å². The van der Waals surface area contributed by atoms with E-state index in [1.807, 2.05) is 6.92 Å². The fraction of sp³-hybridized carbons (Fsp3) is 0.500. The molecule has 0 radical (unpaired) electrons. The number of rotatable bonds is 4. The lowest BCUT2D eigenvalue weighted by atomic mass is 9.99. The summed E-state index contributed by atoms with van der Waals surface area (Å²) in [6.07, 6.45) is 1.15. The number of amides is 1. The number of thioether (sulfide) groups is 1. The Bertz CT molecular complexity index is 462. The van der Waals surface area contributed by atoms with Gasteiger partial charge >= 0.3 is 5.97 Å². The smallest absolute Gasteiger partial charge is 0.330 e. The molecule has 2 rings (SSSR count). The molecule has 2 N–H and O–H groups in total. The standard InChI is InChI=1S/C12H15NO4S/c1-2-8-3-4-9(17-8)10(14)13-12(11(15)16)5-6-18-7-12/h3-4H,2,5-7H2,1H3,(H,13,14)(H,15,16). The predicted molar refractivity (Wildman–Crippen MR) is 67.9 cm³/mol. The maximum Gasteiger partial charge on any atom is 0.330 e. The van der Waals surface area contributed by atoms with Gasteiger partial charge in [0, 0.05) is 12.2 Å². The Morgan fingerprint density at radius 3 is 2.83 bits per heavy atom. The molecule has 1 amide bonds. The van der Waals surface area contributed by atoms with Gasteiger partial charge in [0.05, 0.1) is 0 Å². The molecule has 5 nitrogen and oxygen atoms in total. The van der Waals surface area contributed by atoms with Crippen LogP contribution in [-0.2, 0) is 11.2 Å². The van der Waals surface area contributed by atoms with Gasteiger partial charge in [-0.1, -0.05) is 6.92 Å². The SMILES string of the molecule is CCc1ccc(C(=O)NC2(C(=O)O)CCSC2)o1. The quantitative estimate of drug-likeness (QED) is 0.866. The summed E-state index contributed by atoms with van der Waals surface area (Å²) < 4.78 is 5.32. The molecule has 1 saturated heterocycles. The fourth-order valence-electron chi connectivity index (χ4n) is 1.85. The summed E-state index contributed by atoms with van der Waals surface area (Å²) >= 11 is 1.53. The van der Waals surface area contributed by atoms with Crippen LogP contribution in [0, 0.1) is 0 Å². The van der Waals surface area contributed by atoms with Crippen LogP contribution in [0.15, 0.2) is 16.5 Å². The van der Waals surface area contributed by atoms with E-state index in [9.17, 15) is 14.7 Å². The molecule has 1 aliphatic heterocycles. The zero-order valence-electron chi connectivity index (χ0n) is 10.1. The van der Waals surface area contributed by atoms with Crippen LogP contribution in [0.2, 0.25) is 0 Å². The molecule has 18 heavy (non-hydrogen) atoms. The van der Waals surface area contributed by atoms with Gasteiger partial charge in [-0.25, -0.2) is 4.79 Å². The molecule has 0 aromatic carbocycles. The van der Waals surface area contributed by atoms with Gasteiger partial charge in [-0.2, -0.15) is 11.8 Å². The molecule has 98 valence electrons. The maximum atomic E-state index is 12.0. The first kappa shape index (κ1) is 13.0. The Morgan fingerprint density at radius 1 is 1.56 bits per heavy atom. The van der Waals surface area contributed by atoms with E-state index in [4.69, 9.17) is 4.42 Å². The molecule has 2 heterocycles. The van der Waals surface area contributed by atoms with Gasteiger partial charge in [0.15, 0.2) is 5.76 Å². The van der Waals surface area contributed by atoms with Crippen LogP contribution in [0.1, 0.15) is 29.7 Å². The molecule has 0 spiro atoms. The van der Waals surface area contributed by atoms with Crippen molar-refractivity contribution >= 4 is 23.6 Å². The number of carboxylic acid groups (broad SMARTS) is 1. The molecular weight excluding hydrogens is 254 g/mol. The fourth-order valence-corrected chi connectivity index (χ4v) is 3.18. The van der Waals surface area contributed by atoms with E-state index in [1.54, 1.807) is 12.1 Å². The second-order valence-corrected chi connectivity index (χ2v) is 5.37. The lowest BCUT2D eigenvalue weighted by Crippen LogP contribution is -2.54. The van der Waals surface area contributed by atoms with E-state index in [2.05, 4.69) is 5.32 Å². The molecule has 1 aliphatic rings. The second kappa shape index (κ2) is 5.06. The first-order valence-electron chi connectivity index (χ1n) is 5.80. The minimum Gasteiger partial charge on any atom is -0.479 e. The molecule has 1 aromatic heterocycles. The highest BCUT2D eigenvalue weighted by molar-refractivity contribution is 7.99. The molecular formula is C12H15NO4S. The summed E-state index contributed by atoms with van der Waals surface area (Å²) in [7, 11) is 0. The van der Waals surface area contributed by atoms with Crippen LogP contribution < -0.4 is 5.32 Å². The van der Waals surface area contributed by atoms with Crippen LogP contribution in [0.3, 0.4) is 0 Å². The Hall–Kier alpha value is -1.43. The Labute approximate surface area is 109 Å². The van der Waals surface area contributed by atoms with Gasteiger partial charge in [0.1, 0.15) is 11.3 Å². The zero-order valence-corrected chi connectivity index (χ0v) is 10.9. The van der Waals surface area contributed by atoms with Gasteiger partial charge in [-0.05, 0) is 24.3 Å². The van der Waals surface area contributed by atoms with E-state index < -0.39 is 17.4 Å². The molecule has 0 saturated carbocycles. The lowest BCUT2D eigenvalue weighted by molar-refractivity contribution is -0.143. The van der Waals surface area contributed by atoms with E-state index in [1.165, 1.54) is 11.8 Å². The molecule has 1 aromatic rings. The zero-order chi connectivity index (χ0) is 13.2. The second-order valence-electron chi connectivity index (χ2n) is 4.26. The average molecular weight is 269 g/mol. The average Bonchev–Trinajstić information content (AvgIpc) is 2.97. The van der Waals surface area contributed by atoms with Crippen LogP contribution in [0.5, 0.6) is 0 Å². The third-order valence-corrected chi connectivity index (χ3v) is 4.21. The van der Waals surface area contributed by atoms with Crippen molar-refractivity contribution in [2.75, 3.05) is 11.5 Å². The number of carbonyl (C=O) groups is 2. The number of aryl methyl sites for hydroxylation is 1. The van der Waals surface area contributed by atoms with E-state index in [0.29, 0.717) is 24.4 Å². The van der Waals surface area contributed by atoms with Gasteiger partial charge in [-0.3, -0.25) is 4.79 Å². The molecule has 1 atom stereocenters. The van der Waals surface area contributed by atoms with Crippen molar-refractivity contribution < 1.29 is 19.1 Å². The van der Waals surface area contributed by atoms with Crippen molar-refractivity contribution in [2.45, 2.75) is 25.3 Å². The van der Waals surface area contributed by atoms with Gasteiger partial charge in [0.2, 0.25) is 0 Å². The molecule has 0 aliphatic carbocycles. The van der Waals surface area contributed by atoms with Crippen molar-refractivity contribution in [1.29, 1.82) is 0 Å². The summed E-state index contributed by atoms with van der Waals surface area (Å²) in [5.74, 6) is 0.581. The number of carboxylic acids is 1. The van der Waals surface area contributed by atoms with Crippen LogP contribution >= 0.6 is 11.8 Å². The number of hydrogen-bond donors (Lipinski definition) is 2. The van der Waals surface area contributed by atoms with Gasteiger partial charge < -0.3 is 14.8 Å². The molecule has 1 fully saturated rings. The summed E-state index contributed by atoms with van der Waals surface area (Å²) in [4.78, 5) is 23.3. The summed E-state index contributed by atoms with van der Waals surface area (Å²) in [5, 5.41) is 11.8. The van der Waals surface area contributed by atoms with Crippen molar-refractivity contribution in [2.24, 2.45) is 0 Å². The van der Waals surface area contributed by atoms with Gasteiger partial charge in [0.25, 0.3) is 5.91 Å². The minimum atomic E-state index is -1.15. The summed E-state index contributed by atoms with van der Waals surface area (Å²) in [6.45, 7) is 1.92. The number of carbonyl (C=O) groups excluding carboxylic acids is 1. The Balaban J connectivity index is 2.12. The third-order valence-electron chi connectivity index (χ3n) is 3.02. The third kappa shape index (κ3) is 2.38. The highest BCUT2D eigenvalue weighted by atomic mass is 32.2. The lowest BCUT2D eigenvalue weighted by Gasteiger charge is -2.23. The highest BCUT2D eigenvalue weighted by Crippen LogP contribution is 2.28. The number of hydrogen-bond acceptors (Lipinski definition) is 4. The first-order valence-corrected chi connectivity index (χ1v) is 6.95. The molecule has 0 bridgehead atoms. The molecule has 6 heteroatoms. The van der Waals surface area contributed by atoms with E-state index in [-0.39, 0.29) is 5.76 Å². The normalized spacial score (nSPS) is 22.9. The molecule has 1 unspecified atom stereocenters. The number of nitrogens with one attached hydrogen (secondary N) is 1. The van der Waals surface area contributed by atoms with Crippen molar-refractivity contribution in [3.63, 3.8) is 0 Å². The predicted octanol–water partition coefficient (Wildman–Crippen LogP) is 1.53. The van der Waals surface area contributed by atoms with Crippen molar-refractivity contribution in [3.05, 3.63) is 23.7 Å². The Morgan fingerprint density at radius 2 is 2.33 bits per heavy atom. The highest BCUT2D eigenvalue weighted by Gasteiger charge is 2.43. The first-order chi connectivity index (χ1) is 8.57. The van der Waals surface area contributed by atoms with Crippen LogP contribution in [0.4, 0.5) is 0 Å². The summed E-state index contributed by atoms with van der Waals surface area (Å²) in [5.41, 5.74) is -1.15. The van der Waals surface area contributed by atoms with E-state index in [0.717, 1.165) is 5.75 Å². The van der Waals surface area contributed by atoms with Crippen molar-refractivity contribution in [3.8, 4) is 0 Å². The number of furan rings is 1. The van der Waals surface area contributed by atoms with Crippen LogP contribution in [-0.4, -0.2) is 34.0 Å².